The van der Waals surface area contributed by atoms with Crippen molar-refractivity contribution in [1.82, 2.24) is 0 Å². The molecule has 0 fully saturated rings. The summed E-state index contributed by atoms with van der Waals surface area (Å²) >= 11 is 0. The number of hydrogen-bond donors (Lipinski definition) is 1. The monoisotopic (exact) mass is 276 g/mol. The molecule has 100 valence electrons. The van der Waals surface area contributed by atoms with Gasteiger partial charge in [-0.2, -0.15) is 10.5 Å². The molecule has 0 amide bonds. The van der Waals surface area contributed by atoms with E-state index in [1.165, 1.54) is 12.1 Å². The Morgan fingerprint density at radius 3 is 2.52 bits per heavy atom. The molecule has 0 saturated carbocycles. The van der Waals surface area contributed by atoms with Crippen LogP contribution in [0.2, 0.25) is 0 Å². The predicted molar refractivity (Wildman–Crippen MR) is 75.3 cm³/mol. The topological polar surface area (TPSA) is 74.7 Å². The van der Waals surface area contributed by atoms with E-state index in [9.17, 15) is 4.39 Å². The van der Waals surface area contributed by atoms with E-state index in [1.807, 2.05) is 12.1 Å². The minimum atomic E-state index is -0.377. The molecule has 0 radical (unpaired) electrons. The number of nitriles is 2. The van der Waals surface area contributed by atoms with Gasteiger partial charge >= 0.3 is 0 Å². The van der Waals surface area contributed by atoms with Crippen LogP contribution in [0.5, 0.6) is 0 Å². The summed E-state index contributed by atoms with van der Waals surface area (Å²) in [4.78, 5) is 1.69. The van der Waals surface area contributed by atoms with Gasteiger partial charge in [-0.05, 0) is 35.9 Å². The Morgan fingerprint density at radius 2 is 1.81 bits per heavy atom. The Kier molecular flexibility index (Phi) is 2.89. The number of anilines is 1. The first-order valence-corrected chi connectivity index (χ1v) is 6.23. The predicted octanol–water partition coefficient (Wildman–Crippen LogP) is 2.91. The fourth-order valence-corrected chi connectivity index (χ4v) is 2.41. The number of benzene rings is 2. The van der Waals surface area contributed by atoms with Crippen LogP contribution in [0.15, 0.2) is 36.4 Å². The summed E-state index contributed by atoms with van der Waals surface area (Å²) in [6.07, 6.45) is 0. The molecule has 2 aromatic rings. The van der Waals surface area contributed by atoms with Gasteiger partial charge in [0.15, 0.2) is 0 Å². The standard InChI is InChI=1S/C16H9FN4/c17-13-3-1-11-9-21(16(20)15(11)6-13)14-4-2-10(7-18)12(5-14)8-19/h1-6,20H,9H2. The minimum Gasteiger partial charge on any atom is -0.322 e. The first kappa shape index (κ1) is 12.8. The number of halogens is 1. The Labute approximate surface area is 120 Å². The number of nitrogens with one attached hydrogen (secondary N) is 1. The average Bonchev–Trinajstić information content (AvgIpc) is 2.83. The maximum Gasteiger partial charge on any atom is 0.133 e. The van der Waals surface area contributed by atoms with Gasteiger partial charge in [-0.3, -0.25) is 5.41 Å². The van der Waals surface area contributed by atoms with Gasteiger partial charge in [0, 0.05) is 11.3 Å². The van der Waals surface area contributed by atoms with Gasteiger partial charge in [-0.15, -0.1) is 0 Å². The van der Waals surface area contributed by atoms with Crippen molar-refractivity contribution in [3.05, 3.63) is 64.5 Å². The lowest BCUT2D eigenvalue weighted by atomic mass is 10.1. The van der Waals surface area contributed by atoms with Gasteiger partial charge in [0.05, 0.1) is 17.7 Å². The van der Waals surface area contributed by atoms with E-state index in [4.69, 9.17) is 15.9 Å². The van der Waals surface area contributed by atoms with Gasteiger partial charge < -0.3 is 4.90 Å². The number of amidine groups is 1. The van der Waals surface area contributed by atoms with Gasteiger partial charge in [0.2, 0.25) is 0 Å². The lowest BCUT2D eigenvalue weighted by Crippen LogP contribution is -2.23. The molecule has 1 aliphatic heterocycles. The summed E-state index contributed by atoms with van der Waals surface area (Å²) in [5.41, 5.74) is 2.63. The molecule has 0 aliphatic carbocycles. The molecule has 0 bridgehead atoms. The summed E-state index contributed by atoms with van der Waals surface area (Å²) in [6, 6.07) is 13.1. The molecule has 1 N–H and O–H groups in total. The first-order valence-electron chi connectivity index (χ1n) is 6.23. The van der Waals surface area contributed by atoms with Crippen LogP contribution in [-0.2, 0) is 6.54 Å². The third-order valence-electron chi connectivity index (χ3n) is 3.48. The fourth-order valence-electron chi connectivity index (χ4n) is 2.41. The van der Waals surface area contributed by atoms with Crippen molar-refractivity contribution in [1.29, 1.82) is 15.9 Å². The van der Waals surface area contributed by atoms with Gasteiger partial charge in [0.1, 0.15) is 23.8 Å². The molecule has 0 atom stereocenters. The Balaban J connectivity index is 2.03. The first-order chi connectivity index (χ1) is 10.1. The van der Waals surface area contributed by atoms with Crippen LogP contribution in [0.4, 0.5) is 10.1 Å². The SMILES string of the molecule is N#Cc1ccc(N2Cc3ccc(F)cc3C2=N)cc1C#N. The van der Waals surface area contributed by atoms with Gasteiger partial charge in [-0.25, -0.2) is 4.39 Å². The van der Waals surface area contributed by atoms with E-state index in [1.54, 1.807) is 29.2 Å². The second kappa shape index (κ2) is 4.73. The quantitative estimate of drug-likeness (QED) is 0.870. The zero-order chi connectivity index (χ0) is 15.0. The van der Waals surface area contributed by atoms with E-state index in [0.29, 0.717) is 23.4 Å². The van der Waals surface area contributed by atoms with Crippen LogP contribution >= 0.6 is 0 Å². The molecular weight excluding hydrogens is 267 g/mol. The van der Waals surface area contributed by atoms with Crippen LogP contribution in [-0.4, -0.2) is 5.84 Å². The molecule has 2 aromatic carbocycles. The average molecular weight is 276 g/mol. The normalized spacial score (nSPS) is 12.7. The van der Waals surface area contributed by atoms with Crippen molar-refractivity contribution in [2.24, 2.45) is 0 Å². The Hall–Kier alpha value is -3.18. The number of nitrogens with zero attached hydrogens (tertiary/aromatic N) is 3. The van der Waals surface area contributed by atoms with Crippen LogP contribution in [0.25, 0.3) is 0 Å². The van der Waals surface area contributed by atoms with E-state index in [-0.39, 0.29) is 17.2 Å². The summed E-state index contributed by atoms with van der Waals surface area (Å²) in [5.74, 6) is -0.184. The summed E-state index contributed by atoms with van der Waals surface area (Å²) in [5, 5.41) is 26.2. The highest BCUT2D eigenvalue weighted by Gasteiger charge is 2.26. The molecule has 0 spiro atoms. The second-order valence-electron chi connectivity index (χ2n) is 4.69. The van der Waals surface area contributed by atoms with Crippen molar-refractivity contribution in [2.75, 3.05) is 4.90 Å². The molecule has 1 heterocycles. The number of hydrogen-bond acceptors (Lipinski definition) is 3. The molecular formula is C16H9FN4. The van der Waals surface area contributed by atoms with Crippen molar-refractivity contribution < 1.29 is 4.39 Å². The molecule has 5 heteroatoms. The van der Waals surface area contributed by atoms with Crippen LogP contribution in [0, 0.1) is 33.9 Å². The Bertz CT molecular complexity index is 842. The van der Waals surface area contributed by atoms with E-state index < -0.39 is 0 Å². The molecule has 4 nitrogen and oxygen atoms in total. The summed E-state index contributed by atoms with van der Waals surface area (Å²) < 4.78 is 13.3. The lowest BCUT2D eigenvalue weighted by molar-refractivity contribution is 0.627. The zero-order valence-electron chi connectivity index (χ0n) is 10.9. The highest BCUT2D eigenvalue weighted by atomic mass is 19.1. The zero-order valence-corrected chi connectivity index (χ0v) is 10.9. The largest absolute Gasteiger partial charge is 0.322 e. The molecule has 1 aliphatic rings. The van der Waals surface area contributed by atoms with E-state index >= 15 is 0 Å². The maximum absolute atomic E-state index is 13.3. The fraction of sp³-hybridized carbons (Fsp3) is 0.0625. The summed E-state index contributed by atoms with van der Waals surface area (Å²) in [7, 11) is 0. The highest BCUT2D eigenvalue weighted by molar-refractivity contribution is 6.11. The Morgan fingerprint density at radius 1 is 1.05 bits per heavy atom. The molecule has 0 saturated heterocycles. The maximum atomic E-state index is 13.3. The van der Waals surface area contributed by atoms with E-state index in [2.05, 4.69) is 0 Å². The molecule has 0 unspecified atom stereocenters. The van der Waals surface area contributed by atoms with Crippen molar-refractivity contribution in [2.45, 2.75) is 6.54 Å². The second-order valence-corrected chi connectivity index (χ2v) is 4.69. The van der Waals surface area contributed by atoms with Gasteiger partial charge in [0.25, 0.3) is 0 Å². The number of fused-ring (bicyclic) bond motifs is 1. The lowest BCUT2D eigenvalue weighted by Gasteiger charge is -2.18. The number of rotatable bonds is 1. The summed E-state index contributed by atoms with van der Waals surface area (Å²) in [6.45, 7) is 0.450. The van der Waals surface area contributed by atoms with Crippen LogP contribution in [0.3, 0.4) is 0 Å². The van der Waals surface area contributed by atoms with Crippen LogP contribution < -0.4 is 4.90 Å². The van der Waals surface area contributed by atoms with Crippen LogP contribution in [0.1, 0.15) is 22.3 Å². The third kappa shape index (κ3) is 2.01. The molecule has 0 aromatic heterocycles. The smallest absolute Gasteiger partial charge is 0.133 e. The third-order valence-corrected chi connectivity index (χ3v) is 3.48. The minimum absolute atomic E-state index is 0.193. The highest BCUT2D eigenvalue weighted by Crippen LogP contribution is 2.29. The van der Waals surface area contributed by atoms with Gasteiger partial charge in [-0.1, -0.05) is 6.07 Å². The molecule has 21 heavy (non-hydrogen) atoms. The van der Waals surface area contributed by atoms with E-state index in [0.717, 1.165) is 5.56 Å². The van der Waals surface area contributed by atoms with Crippen molar-refractivity contribution in [3.8, 4) is 12.1 Å². The molecule has 3 rings (SSSR count). The van der Waals surface area contributed by atoms with Crippen molar-refractivity contribution in [3.63, 3.8) is 0 Å². The van der Waals surface area contributed by atoms with Crippen molar-refractivity contribution >= 4 is 11.5 Å².